The molecule has 3 rings (SSSR count). The van der Waals surface area contributed by atoms with Crippen LogP contribution in [0.2, 0.25) is 0 Å². The van der Waals surface area contributed by atoms with Crippen molar-refractivity contribution < 1.29 is 29.7 Å². The molecule has 0 saturated heterocycles. The number of fused-ring (bicyclic) bond motifs is 1. The van der Waals surface area contributed by atoms with Gasteiger partial charge in [-0.3, -0.25) is 0 Å². The first kappa shape index (κ1) is 23.1. The molecule has 0 atom stereocenters. The van der Waals surface area contributed by atoms with Gasteiger partial charge in [-0.05, 0) is 31.4 Å². The third-order valence-electron chi connectivity index (χ3n) is 4.42. The van der Waals surface area contributed by atoms with Crippen LogP contribution < -0.4 is 4.57 Å². The Morgan fingerprint density at radius 1 is 0.828 bits per heavy atom. The Morgan fingerprint density at radius 2 is 1.41 bits per heavy atom. The van der Waals surface area contributed by atoms with Crippen LogP contribution >= 0.6 is 7.81 Å². The van der Waals surface area contributed by atoms with Gasteiger partial charge in [0.05, 0.1) is 5.39 Å². The summed E-state index contributed by atoms with van der Waals surface area (Å²) in [6.07, 6.45) is 4.53. The molecule has 0 N–H and O–H groups in total. The van der Waals surface area contributed by atoms with Gasteiger partial charge in [0, 0.05) is 17.2 Å². The van der Waals surface area contributed by atoms with Crippen LogP contribution in [0, 0.1) is 6.92 Å². The fraction of sp³-hybridized carbons (Fsp3) is 0.286. The number of aryl methyl sites for hydroxylation is 3. The van der Waals surface area contributed by atoms with Gasteiger partial charge < -0.3 is 0 Å². The van der Waals surface area contributed by atoms with E-state index in [9.17, 15) is 25.2 Å². The van der Waals surface area contributed by atoms with Crippen LogP contribution in [0.3, 0.4) is 0 Å². The van der Waals surface area contributed by atoms with Crippen molar-refractivity contribution in [2.75, 3.05) is 0 Å². The molecule has 1 aromatic heterocycles. The molecule has 0 unspecified atom stereocenters. The van der Waals surface area contributed by atoms with Gasteiger partial charge in [-0.25, -0.2) is 0 Å². The van der Waals surface area contributed by atoms with Crippen LogP contribution in [0.5, 0.6) is 0 Å². The standard InChI is InChI=1S/C21H24N.F6P/c1-4-18-15-22(14-17-9-7-6-8-10-17)21-12-11-16(3)13-20(21)19(18)5-2;1-7(2,3,4,5)6/h6-13,15H,4-5,14H2,1-3H3;/q+1;-1. The van der Waals surface area contributed by atoms with Gasteiger partial charge in [0.1, 0.15) is 0 Å². The van der Waals surface area contributed by atoms with Crippen molar-refractivity contribution in [2.45, 2.75) is 40.2 Å². The molecular weight excluding hydrogens is 411 g/mol. The maximum absolute atomic E-state index is 10.7. The first-order chi connectivity index (χ1) is 13.2. The second kappa shape index (κ2) is 7.60. The number of halogens is 6. The number of hydrogen-bond acceptors (Lipinski definition) is 0. The van der Waals surface area contributed by atoms with E-state index in [0.717, 1.165) is 19.4 Å². The zero-order valence-electron chi connectivity index (χ0n) is 16.5. The number of nitrogens with zero attached hydrogens (tertiary/aromatic N) is 1. The summed E-state index contributed by atoms with van der Waals surface area (Å²) in [7, 11) is -10.7. The summed E-state index contributed by atoms with van der Waals surface area (Å²) in [5, 5.41) is 1.41. The third-order valence-corrected chi connectivity index (χ3v) is 4.42. The molecular formula is C21H24F6NP. The molecule has 0 aliphatic carbocycles. The summed E-state index contributed by atoms with van der Waals surface area (Å²) in [6.45, 7) is 7.62. The Bertz CT molecular complexity index is 988. The molecule has 0 fully saturated rings. The SMILES string of the molecule is CCc1c[n+](Cc2ccccc2)c2ccc(C)cc2c1CC.F[P-](F)(F)(F)(F)F. The van der Waals surface area contributed by atoms with Gasteiger partial charge in [-0.1, -0.05) is 55.8 Å². The van der Waals surface area contributed by atoms with E-state index < -0.39 is 7.81 Å². The summed E-state index contributed by atoms with van der Waals surface area (Å²) in [5.74, 6) is 0. The number of hydrogen-bond donors (Lipinski definition) is 0. The normalized spacial score (nSPS) is 14.0. The van der Waals surface area contributed by atoms with E-state index in [1.165, 1.54) is 33.2 Å². The minimum absolute atomic E-state index is 0.928. The van der Waals surface area contributed by atoms with Crippen molar-refractivity contribution in [1.29, 1.82) is 0 Å². The van der Waals surface area contributed by atoms with Crippen LogP contribution in [0.1, 0.15) is 36.1 Å². The molecule has 0 bridgehead atoms. The van der Waals surface area contributed by atoms with Crippen LogP contribution in [-0.2, 0) is 19.4 Å². The van der Waals surface area contributed by atoms with Crippen molar-refractivity contribution in [3.63, 3.8) is 0 Å². The zero-order chi connectivity index (χ0) is 21.9. The fourth-order valence-electron chi connectivity index (χ4n) is 3.28. The first-order valence-electron chi connectivity index (χ1n) is 9.22. The molecule has 1 nitrogen and oxygen atoms in total. The van der Waals surface area contributed by atoms with Crippen LogP contribution in [-0.4, -0.2) is 0 Å². The monoisotopic (exact) mass is 435 g/mol. The Balaban J connectivity index is 0.000000370. The molecule has 8 heteroatoms. The summed E-state index contributed by atoms with van der Waals surface area (Å²) in [6, 6.07) is 17.5. The van der Waals surface area contributed by atoms with E-state index in [-0.39, 0.29) is 0 Å². The molecule has 0 aliphatic rings. The second-order valence-electron chi connectivity index (χ2n) is 6.93. The van der Waals surface area contributed by atoms with Crippen LogP contribution in [0.15, 0.2) is 54.7 Å². The van der Waals surface area contributed by atoms with Crippen molar-refractivity contribution in [3.8, 4) is 0 Å². The summed E-state index contributed by atoms with van der Waals surface area (Å²) in [5.41, 5.74) is 6.99. The molecule has 0 radical (unpaired) electrons. The number of aromatic nitrogens is 1. The fourth-order valence-corrected chi connectivity index (χ4v) is 3.28. The van der Waals surface area contributed by atoms with Crippen molar-refractivity contribution in [3.05, 3.63) is 77.0 Å². The minimum atomic E-state index is -10.7. The van der Waals surface area contributed by atoms with Gasteiger partial charge in [-0.15, -0.1) is 0 Å². The quantitative estimate of drug-likeness (QED) is 0.222. The number of rotatable bonds is 4. The average molecular weight is 435 g/mol. The Kier molecular flexibility index (Phi) is 6.06. The summed E-state index contributed by atoms with van der Waals surface area (Å²) < 4.78 is 61.6. The predicted molar refractivity (Wildman–Crippen MR) is 107 cm³/mol. The maximum atomic E-state index is 9.87. The summed E-state index contributed by atoms with van der Waals surface area (Å²) >= 11 is 0. The molecule has 1 heterocycles. The van der Waals surface area contributed by atoms with E-state index in [0.29, 0.717) is 0 Å². The Hall–Kier alpha value is -2.14. The van der Waals surface area contributed by atoms with Gasteiger partial charge in [0.25, 0.3) is 0 Å². The van der Waals surface area contributed by atoms with Crippen molar-refractivity contribution in [2.24, 2.45) is 0 Å². The van der Waals surface area contributed by atoms with Gasteiger partial charge in [-0.2, -0.15) is 4.57 Å². The molecule has 0 aliphatic heterocycles. The molecule has 0 saturated carbocycles. The molecule has 160 valence electrons. The average Bonchev–Trinajstić information content (AvgIpc) is 2.59. The van der Waals surface area contributed by atoms with Crippen LogP contribution in [0.4, 0.5) is 25.2 Å². The van der Waals surface area contributed by atoms with E-state index >= 15 is 0 Å². The molecule has 0 amide bonds. The van der Waals surface area contributed by atoms with E-state index in [4.69, 9.17) is 0 Å². The zero-order valence-corrected chi connectivity index (χ0v) is 17.4. The van der Waals surface area contributed by atoms with E-state index in [1.54, 1.807) is 0 Å². The predicted octanol–water partition coefficient (Wildman–Crippen LogP) is 7.99. The van der Waals surface area contributed by atoms with Gasteiger partial charge in [0.2, 0.25) is 5.52 Å². The summed E-state index contributed by atoms with van der Waals surface area (Å²) in [4.78, 5) is 0. The molecule has 3 aromatic rings. The van der Waals surface area contributed by atoms with Gasteiger partial charge in [0.15, 0.2) is 12.7 Å². The Labute approximate surface area is 166 Å². The molecule has 2 aromatic carbocycles. The number of pyridine rings is 1. The second-order valence-corrected chi connectivity index (χ2v) is 8.85. The van der Waals surface area contributed by atoms with Crippen molar-refractivity contribution in [1.82, 2.24) is 0 Å². The third kappa shape index (κ3) is 8.01. The van der Waals surface area contributed by atoms with E-state index in [1.807, 2.05) is 0 Å². The number of benzene rings is 2. The topological polar surface area (TPSA) is 3.88 Å². The first-order valence-corrected chi connectivity index (χ1v) is 11.3. The Morgan fingerprint density at radius 3 is 1.93 bits per heavy atom. The molecule has 29 heavy (non-hydrogen) atoms. The van der Waals surface area contributed by atoms with E-state index in [2.05, 4.69) is 80.1 Å². The van der Waals surface area contributed by atoms with Crippen molar-refractivity contribution >= 4 is 18.7 Å². The molecule has 0 spiro atoms. The van der Waals surface area contributed by atoms with Gasteiger partial charge >= 0.3 is 33.0 Å². The van der Waals surface area contributed by atoms with Crippen LogP contribution in [0.25, 0.3) is 10.9 Å².